The molecule has 0 spiro atoms. The van der Waals surface area contributed by atoms with Crippen molar-refractivity contribution in [2.45, 2.75) is 20.3 Å². The average Bonchev–Trinajstić information content (AvgIpc) is 2.98. The zero-order valence-electron chi connectivity index (χ0n) is 23.8. The van der Waals surface area contributed by atoms with E-state index in [1.165, 1.54) is 81.0 Å². The molecule has 4 heteroatoms. The van der Waals surface area contributed by atoms with E-state index in [1.54, 1.807) is 0 Å². The molecule has 0 aliphatic carbocycles. The predicted octanol–water partition coefficient (Wildman–Crippen LogP) is 13.0. The van der Waals surface area contributed by atoms with Crippen LogP contribution in [0, 0.1) is 28.1 Å². The summed E-state index contributed by atoms with van der Waals surface area (Å²) in [5, 5.41) is 0. The Balaban J connectivity index is 1.23. The Morgan fingerprint density at radius 1 is 0.395 bits per heavy atom. The molecule has 0 aliphatic heterocycles. The van der Waals surface area contributed by atoms with E-state index in [9.17, 15) is 0 Å². The van der Waals surface area contributed by atoms with E-state index in [4.69, 9.17) is 0 Å². The van der Waals surface area contributed by atoms with Crippen LogP contribution in [0.1, 0.15) is 22.3 Å². The molecular weight excluding hydrogens is 976 g/mol. The van der Waals surface area contributed by atoms with E-state index in [1.807, 2.05) is 0 Å². The van der Waals surface area contributed by atoms with Crippen LogP contribution >= 0.6 is 90.4 Å². The van der Waals surface area contributed by atoms with E-state index < -0.39 is 0 Å². The third-order valence-electron chi connectivity index (χ3n) is 7.80. The van der Waals surface area contributed by atoms with E-state index in [-0.39, 0.29) is 0 Å². The molecule has 0 bridgehead atoms. The Bertz CT molecular complexity index is 1750. The first-order valence-corrected chi connectivity index (χ1v) is 18.4. The van der Waals surface area contributed by atoms with Crippen LogP contribution in [0.3, 0.4) is 0 Å². The highest BCUT2D eigenvalue weighted by Gasteiger charge is 2.14. The molecule has 0 saturated carbocycles. The minimum absolute atomic E-state index is 0.916. The Morgan fingerprint density at radius 2 is 0.814 bits per heavy atom. The molecule has 0 fully saturated rings. The normalized spacial score (nSPS) is 11.1. The molecule has 0 radical (unpaired) electrons. The Morgan fingerprint density at radius 3 is 1.26 bits per heavy atom. The highest BCUT2D eigenvalue weighted by atomic mass is 127. The van der Waals surface area contributed by atoms with E-state index in [0.29, 0.717) is 0 Å². The van der Waals surface area contributed by atoms with Gasteiger partial charge in [-0.3, -0.25) is 0 Å². The van der Waals surface area contributed by atoms with Gasteiger partial charge in [0.05, 0.1) is 0 Å². The molecule has 0 N–H and O–H groups in total. The molecule has 6 aromatic rings. The van der Waals surface area contributed by atoms with Crippen molar-refractivity contribution in [3.63, 3.8) is 0 Å². The Hall–Kier alpha value is -1.76. The number of hydrogen-bond acceptors (Lipinski definition) is 0. The fraction of sp³-hybridized carbons (Fsp3) is 0.0769. The van der Waals surface area contributed by atoms with Crippen LogP contribution in [0.2, 0.25) is 0 Å². The molecule has 6 rings (SSSR count). The summed E-state index contributed by atoms with van der Waals surface area (Å²) >= 11 is 9.98. The van der Waals surface area contributed by atoms with Gasteiger partial charge in [0.15, 0.2) is 0 Å². The van der Waals surface area contributed by atoms with Gasteiger partial charge in [0.1, 0.15) is 0 Å². The van der Waals surface area contributed by atoms with Crippen molar-refractivity contribution in [3.05, 3.63) is 158 Å². The van der Waals surface area contributed by atoms with Gasteiger partial charge >= 0.3 is 0 Å². The van der Waals surface area contributed by atoms with Gasteiger partial charge in [0.2, 0.25) is 0 Å². The topological polar surface area (TPSA) is 0 Å². The molecule has 0 atom stereocenters. The van der Waals surface area contributed by atoms with Crippen LogP contribution in [-0.4, -0.2) is 0 Å². The summed E-state index contributed by atoms with van der Waals surface area (Å²) in [7, 11) is 0. The molecule has 43 heavy (non-hydrogen) atoms. The van der Waals surface area contributed by atoms with Crippen molar-refractivity contribution in [1.82, 2.24) is 0 Å². The lowest BCUT2D eigenvalue weighted by molar-refractivity contribution is 1.18. The lowest BCUT2D eigenvalue weighted by Gasteiger charge is -2.15. The summed E-state index contributed by atoms with van der Waals surface area (Å²) in [5.41, 5.74) is 15.6. The number of hydrogen-bond donors (Lipinski definition) is 0. The van der Waals surface area contributed by atoms with Gasteiger partial charge in [-0.2, -0.15) is 0 Å². The van der Waals surface area contributed by atoms with E-state index >= 15 is 0 Å². The molecule has 212 valence electrons. The minimum atomic E-state index is 0.916. The van der Waals surface area contributed by atoms with Crippen LogP contribution in [0.4, 0.5) is 0 Å². The van der Waals surface area contributed by atoms with Gasteiger partial charge in [-0.15, -0.1) is 0 Å². The van der Waals surface area contributed by atoms with Gasteiger partial charge in [0, 0.05) is 19.8 Å². The van der Waals surface area contributed by atoms with Crippen molar-refractivity contribution in [2.75, 3.05) is 0 Å². The summed E-state index contributed by atoms with van der Waals surface area (Å²) in [6.45, 7) is 4.45. The van der Waals surface area contributed by atoms with Gasteiger partial charge < -0.3 is 0 Å². The van der Waals surface area contributed by atoms with Crippen LogP contribution < -0.4 is 0 Å². The van der Waals surface area contributed by atoms with Crippen molar-refractivity contribution >= 4 is 90.4 Å². The fourth-order valence-electron chi connectivity index (χ4n) is 5.83. The SMILES string of the molecule is Cc1cc(-c2ccc(Cc3ccc(-c4cc(I)c(-c5ccccc5)c(I)c4)c(I)c3)cc2I)cc(C)c1-c1ccccc1. The second kappa shape index (κ2) is 13.7. The predicted molar refractivity (Wildman–Crippen MR) is 218 cm³/mol. The van der Waals surface area contributed by atoms with Crippen molar-refractivity contribution in [2.24, 2.45) is 0 Å². The highest BCUT2D eigenvalue weighted by molar-refractivity contribution is 14.1. The largest absolute Gasteiger partial charge is 0.0622 e. The Kier molecular flexibility index (Phi) is 9.95. The standard InChI is InChI=1S/C39H28I4/c1-24-17-30(18-25(2)38(24)28-9-5-3-6-10-28)32-15-13-26(20-34(32)40)19-27-14-16-33(35(41)21-27)31-22-36(42)39(37(43)23-31)29-11-7-4-8-12-29/h3-18,20-23H,19H2,1-2H3. The van der Waals surface area contributed by atoms with Crippen LogP contribution in [0.15, 0.2) is 121 Å². The zero-order chi connectivity index (χ0) is 30.1. The molecule has 0 unspecified atom stereocenters. The first kappa shape index (κ1) is 31.2. The summed E-state index contributed by atoms with van der Waals surface area (Å²) in [4.78, 5) is 0. The third-order valence-corrected chi connectivity index (χ3v) is 11.3. The van der Waals surface area contributed by atoms with E-state index in [0.717, 1.165) is 6.42 Å². The Labute approximate surface area is 309 Å². The van der Waals surface area contributed by atoms with Gasteiger partial charge in [0.25, 0.3) is 0 Å². The maximum atomic E-state index is 2.51. The monoisotopic (exact) mass is 1000 g/mol. The molecule has 0 aliphatic rings. The average molecular weight is 1000 g/mol. The highest BCUT2D eigenvalue weighted by Crippen LogP contribution is 2.37. The van der Waals surface area contributed by atoms with Crippen LogP contribution in [0.5, 0.6) is 0 Å². The molecule has 0 amide bonds. The van der Waals surface area contributed by atoms with Crippen LogP contribution in [0.25, 0.3) is 44.5 Å². The summed E-state index contributed by atoms with van der Waals surface area (Å²) < 4.78 is 5.13. The molecule has 6 aromatic carbocycles. The smallest absolute Gasteiger partial charge is 0.0225 e. The van der Waals surface area contributed by atoms with Gasteiger partial charge in [-0.05, 0) is 196 Å². The molecule has 0 heterocycles. The van der Waals surface area contributed by atoms with Gasteiger partial charge in [-0.1, -0.05) is 97.1 Å². The maximum absolute atomic E-state index is 2.51. The fourth-order valence-corrected chi connectivity index (χ4v) is 10.0. The molecular formula is C39H28I4. The number of benzene rings is 6. The van der Waals surface area contributed by atoms with E-state index in [2.05, 4.69) is 226 Å². The second-order valence-electron chi connectivity index (χ2n) is 10.8. The number of halogens is 4. The van der Waals surface area contributed by atoms with Crippen LogP contribution in [-0.2, 0) is 6.42 Å². The first-order valence-electron chi connectivity index (χ1n) is 14.1. The van der Waals surface area contributed by atoms with Crippen molar-refractivity contribution in [3.8, 4) is 44.5 Å². The van der Waals surface area contributed by atoms with Crippen molar-refractivity contribution in [1.29, 1.82) is 0 Å². The summed E-state index contributed by atoms with van der Waals surface area (Å²) in [6.07, 6.45) is 0.916. The lowest BCUT2D eigenvalue weighted by atomic mass is 9.91. The number of rotatable bonds is 6. The quantitative estimate of drug-likeness (QED) is 0.146. The summed E-state index contributed by atoms with van der Waals surface area (Å²) in [6, 6.07) is 44.5. The van der Waals surface area contributed by atoms with Gasteiger partial charge in [-0.25, -0.2) is 0 Å². The lowest BCUT2D eigenvalue weighted by Crippen LogP contribution is -1.95. The minimum Gasteiger partial charge on any atom is -0.0622 e. The first-order chi connectivity index (χ1) is 20.8. The second-order valence-corrected chi connectivity index (χ2v) is 15.5. The molecule has 0 saturated heterocycles. The molecule has 0 aromatic heterocycles. The molecule has 0 nitrogen and oxygen atoms in total. The summed E-state index contributed by atoms with van der Waals surface area (Å²) in [5.74, 6) is 0. The number of aryl methyl sites for hydroxylation is 2. The zero-order valence-corrected chi connectivity index (χ0v) is 32.4. The third kappa shape index (κ3) is 6.92. The maximum Gasteiger partial charge on any atom is 0.0225 e. The van der Waals surface area contributed by atoms with Crippen molar-refractivity contribution < 1.29 is 0 Å².